The predicted molar refractivity (Wildman–Crippen MR) is 177 cm³/mol. The molecule has 0 aliphatic heterocycles. The average molecular weight is 617 g/mol. The number of carbonyl (C=O) groups is 2. The molecule has 2 N–H and O–H groups in total. The number of methoxy groups -OCH3 is 1. The molecule has 0 bridgehead atoms. The quantitative estimate of drug-likeness (QED) is 0.171. The van der Waals surface area contributed by atoms with E-state index in [0.29, 0.717) is 18.4 Å². The topological polar surface area (TPSA) is 67.4 Å². The molecule has 0 unspecified atom stereocenters. The molecule has 0 spiro atoms. The van der Waals surface area contributed by atoms with Crippen LogP contribution in [-0.2, 0) is 15.6 Å². The Morgan fingerprint density at radius 2 is 1.22 bits per heavy atom. The first-order valence-corrected chi connectivity index (χ1v) is 15.4. The lowest BCUT2D eigenvalue weighted by molar-refractivity contribution is -0.120. The van der Waals surface area contributed by atoms with Gasteiger partial charge >= 0.3 is 0 Å². The maximum atomic E-state index is 13.5. The summed E-state index contributed by atoms with van der Waals surface area (Å²) in [5, 5.41) is 5.66. The van der Waals surface area contributed by atoms with Crippen molar-refractivity contribution >= 4 is 11.8 Å². The van der Waals surface area contributed by atoms with E-state index in [0.717, 1.165) is 40.8 Å². The van der Waals surface area contributed by atoms with Crippen LogP contribution in [0.2, 0.25) is 0 Å². The van der Waals surface area contributed by atoms with Gasteiger partial charge in [-0.15, -0.1) is 0 Å². The molecule has 0 heterocycles. The summed E-state index contributed by atoms with van der Waals surface area (Å²) in [4.78, 5) is 25.4. The smallest absolute Gasteiger partial charge is 0.252 e. The fourth-order valence-electron chi connectivity index (χ4n) is 5.23. The van der Waals surface area contributed by atoms with Crippen LogP contribution in [0.3, 0.4) is 0 Å². The zero-order valence-corrected chi connectivity index (χ0v) is 27.6. The van der Waals surface area contributed by atoms with Crippen molar-refractivity contribution < 1.29 is 23.1 Å². The number of benzene rings is 3. The predicted octanol–water partition coefficient (Wildman–Crippen LogP) is 7.81. The molecule has 0 fully saturated rings. The molecule has 0 radical (unpaired) electrons. The van der Waals surface area contributed by atoms with Crippen LogP contribution in [0.25, 0.3) is 0 Å². The summed E-state index contributed by atoms with van der Waals surface area (Å²) in [5.74, 6) is 5.66. The first-order valence-electron chi connectivity index (χ1n) is 15.4. The summed E-state index contributed by atoms with van der Waals surface area (Å²) in [5.41, 5.74) is 3.97. The maximum absolute atomic E-state index is 13.5. The molecular formula is C38H46F2N2O3. The molecule has 0 aromatic heterocycles. The molecule has 0 atom stereocenters. The summed E-state index contributed by atoms with van der Waals surface area (Å²) in [7, 11) is 1.66. The number of unbranched alkanes of at least 4 members (excludes halogenated alkanes) is 1. The molecule has 0 aliphatic carbocycles. The molecule has 3 aromatic carbocycles. The zero-order valence-electron chi connectivity index (χ0n) is 27.6. The van der Waals surface area contributed by atoms with Gasteiger partial charge in [-0.1, -0.05) is 84.1 Å². The van der Waals surface area contributed by atoms with Crippen molar-refractivity contribution in [3.63, 3.8) is 0 Å². The van der Waals surface area contributed by atoms with Gasteiger partial charge in [0.1, 0.15) is 17.4 Å². The molecular weight excluding hydrogens is 570 g/mol. The van der Waals surface area contributed by atoms with Crippen molar-refractivity contribution in [2.45, 2.75) is 84.0 Å². The number of amides is 2. The number of rotatable bonds is 11. The Labute approximate surface area is 267 Å². The summed E-state index contributed by atoms with van der Waals surface area (Å²) in [6, 6.07) is 16.5. The van der Waals surface area contributed by atoms with Gasteiger partial charge in [-0.25, -0.2) is 8.78 Å². The standard InChI is InChI=1S/C38H46F2N2O3/c1-37(2,3)32-24-28(25-33(35(32)45-7)38(4,5)6)36(44)42-23-11-10-22-41-34(43)13-9-8-12-31(26-14-18-29(39)19-15-26)27-16-20-30(40)21-17-27/h14-21,24-25,31H,8-9,12-13,22-23H2,1-7H3,(H,41,43)(H,42,44). The zero-order chi connectivity index (χ0) is 33.2. The van der Waals surface area contributed by atoms with Gasteiger partial charge in [-0.05, 0) is 71.2 Å². The molecule has 2 amide bonds. The fraction of sp³-hybridized carbons (Fsp3) is 0.421. The Bertz CT molecular complexity index is 1430. The lowest BCUT2D eigenvalue weighted by Crippen LogP contribution is -2.27. The average Bonchev–Trinajstić information content (AvgIpc) is 2.98. The Morgan fingerprint density at radius 1 is 0.756 bits per heavy atom. The van der Waals surface area contributed by atoms with Gasteiger partial charge in [0.05, 0.1) is 20.2 Å². The third-order valence-corrected chi connectivity index (χ3v) is 7.70. The summed E-state index contributed by atoms with van der Waals surface area (Å²) >= 11 is 0. The van der Waals surface area contributed by atoms with Crippen LogP contribution in [0.4, 0.5) is 8.78 Å². The van der Waals surface area contributed by atoms with Gasteiger partial charge in [0, 0.05) is 29.0 Å². The highest BCUT2D eigenvalue weighted by molar-refractivity contribution is 5.95. The van der Waals surface area contributed by atoms with Crippen molar-refractivity contribution in [2.75, 3.05) is 20.2 Å². The van der Waals surface area contributed by atoms with E-state index in [-0.39, 0.29) is 53.3 Å². The number of halogens is 2. The molecule has 45 heavy (non-hydrogen) atoms. The highest BCUT2D eigenvalue weighted by Crippen LogP contribution is 2.40. The minimum atomic E-state index is -0.305. The minimum Gasteiger partial charge on any atom is -0.496 e. The fourth-order valence-corrected chi connectivity index (χ4v) is 5.23. The first-order chi connectivity index (χ1) is 21.2. The van der Waals surface area contributed by atoms with E-state index in [1.165, 1.54) is 24.3 Å². The maximum Gasteiger partial charge on any atom is 0.252 e. The largest absolute Gasteiger partial charge is 0.496 e. The molecule has 3 aromatic rings. The van der Waals surface area contributed by atoms with Crippen LogP contribution in [0.5, 0.6) is 5.75 Å². The van der Waals surface area contributed by atoms with E-state index < -0.39 is 0 Å². The Balaban J connectivity index is 1.48. The van der Waals surface area contributed by atoms with E-state index in [1.807, 2.05) is 12.1 Å². The van der Waals surface area contributed by atoms with E-state index in [4.69, 9.17) is 4.74 Å². The van der Waals surface area contributed by atoms with Crippen LogP contribution in [0.1, 0.15) is 106 Å². The lowest BCUT2D eigenvalue weighted by atomic mass is 9.78. The van der Waals surface area contributed by atoms with Crippen molar-refractivity contribution in [2.24, 2.45) is 0 Å². The number of ether oxygens (including phenoxy) is 1. The second kappa shape index (κ2) is 15.7. The molecule has 7 heteroatoms. The van der Waals surface area contributed by atoms with Crippen molar-refractivity contribution in [1.29, 1.82) is 0 Å². The molecule has 0 saturated heterocycles. The molecule has 240 valence electrons. The van der Waals surface area contributed by atoms with Gasteiger partial charge in [0.2, 0.25) is 5.91 Å². The van der Waals surface area contributed by atoms with Gasteiger partial charge in [-0.3, -0.25) is 9.59 Å². The van der Waals surface area contributed by atoms with Crippen LogP contribution in [0.15, 0.2) is 60.7 Å². The van der Waals surface area contributed by atoms with Crippen molar-refractivity contribution in [3.8, 4) is 17.6 Å². The van der Waals surface area contributed by atoms with E-state index in [1.54, 1.807) is 31.4 Å². The van der Waals surface area contributed by atoms with Crippen molar-refractivity contribution in [3.05, 3.63) is 100 Å². The first kappa shape index (κ1) is 35.3. The highest BCUT2D eigenvalue weighted by Gasteiger charge is 2.28. The van der Waals surface area contributed by atoms with Crippen molar-refractivity contribution in [1.82, 2.24) is 10.6 Å². The number of hydrogen-bond donors (Lipinski definition) is 2. The van der Waals surface area contributed by atoms with E-state index in [9.17, 15) is 18.4 Å². The monoisotopic (exact) mass is 616 g/mol. The van der Waals surface area contributed by atoms with Gasteiger partial charge in [0.15, 0.2) is 0 Å². The Hall–Kier alpha value is -4.18. The Morgan fingerprint density at radius 3 is 1.67 bits per heavy atom. The SMILES string of the molecule is COc1c(C(C)(C)C)cc(C(=O)NCC#CCNC(=O)CCCCC(c2ccc(F)cc2)c2ccc(F)cc2)cc1C(C)(C)C. The summed E-state index contributed by atoms with van der Waals surface area (Å²) < 4.78 is 32.7. The number of nitrogens with one attached hydrogen (secondary N) is 2. The van der Waals surface area contributed by atoms with E-state index in [2.05, 4.69) is 64.0 Å². The van der Waals surface area contributed by atoms with Crippen LogP contribution >= 0.6 is 0 Å². The molecule has 0 aliphatic rings. The van der Waals surface area contributed by atoms with Gasteiger partial charge < -0.3 is 15.4 Å². The second-order valence-electron chi connectivity index (χ2n) is 13.3. The lowest BCUT2D eigenvalue weighted by Gasteiger charge is -2.29. The van der Waals surface area contributed by atoms with Gasteiger partial charge in [-0.2, -0.15) is 0 Å². The van der Waals surface area contributed by atoms with Gasteiger partial charge in [0.25, 0.3) is 5.91 Å². The number of carbonyl (C=O) groups excluding carboxylic acids is 2. The second-order valence-corrected chi connectivity index (χ2v) is 13.3. The van der Waals surface area contributed by atoms with Crippen LogP contribution < -0.4 is 15.4 Å². The normalized spacial score (nSPS) is 11.5. The third kappa shape index (κ3) is 10.5. The van der Waals surface area contributed by atoms with Crippen LogP contribution in [0, 0.1) is 23.5 Å². The third-order valence-electron chi connectivity index (χ3n) is 7.70. The highest BCUT2D eigenvalue weighted by atomic mass is 19.1. The minimum absolute atomic E-state index is 0.0200. The Kier molecular flexibility index (Phi) is 12.3. The number of hydrogen-bond acceptors (Lipinski definition) is 3. The molecule has 5 nitrogen and oxygen atoms in total. The van der Waals surface area contributed by atoms with Crippen LogP contribution in [-0.4, -0.2) is 32.0 Å². The molecule has 0 saturated carbocycles. The summed E-state index contributed by atoms with van der Waals surface area (Å²) in [6.07, 6.45) is 2.53. The summed E-state index contributed by atoms with van der Waals surface area (Å²) in [6.45, 7) is 12.9. The molecule has 3 rings (SSSR count). The van der Waals surface area contributed by atoms with E-state index >= 15 is 0 Å².